The molecule has 0 aromatic carbocycles. The molecule has 1 amide bonds. The van der Waals surface area contributed by atoms with Crippen molar-refractivity contribution >= 4 is 22.4 Å². The highest BCUT2D eigenvalue weighted by atomic mass is 32.1. The van der Waals surface area contributed by atoms with E-state index in [1.807, 2.05) is 19.2 Å². The van der Waals surface area contributed by atoms with Crippen LogP contribution in [0.4, 0.5) is 5.13 Å². The highest BCUT2D eigenvalue weighted by Crippen LogP contribution is 2.40. The fraction of sp³-hybridized carbons (Fsp3) is 0.600. The first-order valence-corrected chi connectivity index (χ1v) is 8.97. The Morgan fingerprint density at radius 3 is 2.83 bits per heavy atom. The second-order valence-electron chi connectivity index (χ2n) is 5.47. The first-order valence-electron chi connectivity index (χ1n) is 8.09. The van der Waals surface area contributed by atoms with Gasteiger partial charge < -0.3 is 9.47 Å². The second-order valence-corrected chi connectivity index (χ2v) is 6.33. The Hall–Kier alpha value is -1.84. The van der Waals surface area contributed by atoms with Crippen molar-refractivity contribution in [1.82, 2.24) is 20.0 Å². The maximum Gasteiger partial charge on any atom is 0.279 e. The van der Waals surface area contributed by atoms with Crippen molar-refractivity contribution in [3.63, 3.8) is 0 Å². The number of carbonyl (C=O) groups excluding carboxylic acids is 1. The van der Waals surface area contributed by atoms with Gasteiger partial charge in [0.1, 0.15) is 0 Å². The van der Waals surface area contributed by atoms with E-state index < -0.39 is 6.29 Å². The standard InChI is InChI=1S/C15H21N5O3S/c1-3-22-13(23-4-2)8-20-7-11(18-19-20)14(21)17-15-16-12(9-24-15)10-5-6-10/h7,9-10,13H,3-6,8H2,1-2H3,(H,16,17,21). The Labute approximate surface area is 144 Å². The van der Waals surface area contributed by atoms with Crippen molar-refractivity contribution in [3.8, 4) is 0 Å². The molecular weight excluding hydrogens is 330 g/mol. The van der Waals surface area contributed by atoms with Gasteiger partial charge in [0, 0.05) is 24.5 Å². The zero-order chi connectivity index (χ0) is 16.9. The first-order chi connectivity index (χ1) is 11.7. The molecule has 2 aromatic rings. The van der Waals surface area contributed by atoms with Gasteiger partial charge in [-0.2, -0.15) is 0 Å². The van der Waals surface area contributed by atoms with Gasteiger partial charge in [-0.15, -0.1) is 16.4 Å². The summed E-state index contributed by atoms with van der Waals surface area (Å²) in [6.07, 6.45) is 3.55. The number of nitrogens with zero attached hydrogens (tertiary/aromatic N) is 4. The van der Waals surface area contributed by atoms with Crippen molar-refractivity contribution in [2.75, 3.05) is 18.5 Å². The molecule has 0 aliphatic heterocycles. The van der Waals surface area contributed by atoms with Crippen LogP contribution in [0.3, 0.4) is 0 Å². The predicted molar refractivity (Wildman–Crippen MR) is 89.1 cm³/mol. The summed E-state index contributed by atoms with van der Waals surface area (Å²) in [5.74, 6) is 0.254. The van der Waals surface area contributed by atoms with Crippen molar-refractivity contribution in [2.45, 2.75) is 45.4 Å². The molecule has 0 saturated heterocycles. The molecule has 2 heterocycles. The molecule has 2 aromatic heterocycles. The normalized spacial score (nSPS) is 14.3. The smallest absolute Gasteiger partial charge is 0.279 e. The monoisotopic (exact) mass is 351 g/mol. The minimum atomic E-state index is -0.405. The Balaban J connectivity index is 1.57. The molecule has 0 radical (unpaired) electrons. The number of hydrogen-bond donors (Lipinski definition) is 1. The fourth-order valence-electron chi connectivity index (χ4n) is 2.24. The zero-order valence-electron chi connectivity index (χ0n) is 13.8. The van der Waals surface area contributed by atoms with Crippen LogP contribution in [0.15, 0.2) is 11.6 Å². The molecule has 1 aliphatic carbocycles. The second kappa shape index (κ2) is 7.82. The van der Waals surface area contributed by atoms with Gasteiger partial charge in [0.2, 0.25) is 0 Å². The third kappa shape index (κ3) is 4.37. The number of anilines is 1. The van der Waals surface area contributed by atoms with Gasteiger partial charge in [0.25, 0.3) is 5.91 Å². The molecule has 130 valence electrons. The molecule has 1 saturated carbocycles. The lowest BCUT2D eigenvalue weighted by Gasteiger charge is -2.16. The van der Waals surface area contributed by atoms with Crippen LogP contribution in [-0.2, 0) is 16.0 Å². The lowest BCUT2D eigenvalue weighted by Crippen LogP contribution is -2.24. The Morgan fingerprint density at radius 2 is 2.17 bits per heavy atom. The number of ether oxygens (including phenoxy) is 2. The molecule has 0 unspecified atom stereocenters. The predicted octanol–water partition coefficient (Wildman–Crippen LogP) is 2.26. The maximum absolute atomic E-state index is 12.2. The first kappa shape index (κ1) is 17.0. The quantitative estimate of drug-likeness (QED) is 0.697. The van der Waals surface area contributed by atoms with Crippen LogP contribution in [0.25, 0.3) is 0 Å². The van der Waals surface area contributed by atoms with Crippen LogP contribution in [0.1, 0.15) is 48.8 Å². The molecule has 1 fully saturated rings. The van der Waals surface area contributed by atoms with E-state index in [1.54, 1.807) is 10.9 Å². The molecule has 9 heteroatoms. The van der Waals surface area contributed by atoms with E-state index in [0.29, 0.717) is 30.8 Å². The van der Waals surface area contributed by atoms with Crippen LogP contribution < -0.4 is 5.32 Å². The third-order valence-corrected chi connectivity index (χ3v) is 4.33. The SMILES string of the molecule is CCOC(Cn1cc(C(=O)Nc2nc(C3CC3)cs2)nn1)OCC. The van der Waals surface area contributed by atoms with Crippen LogP contribution in [-0.4, -0.2) is 45.4 Å². The summed E-state index contributed by atoms with van der Waals surface area (Å²) in [7, 11) is 0. The van der Waals surface area contributed by atoms with Crippen LogP contribution in [0.2, 0.25) is 0 Å². The minimum absolute atomic E-state index is 0.241. The number of nitrogens with one attached hydrogen (secondary N) is 1. The average Bonchev–Trinajstić information content (AvgIpc) is 3.12. The van der Waals surface area contributed by atoms with E-state index in [-0.39, 0.29) is 11.6 Å². The Kier molecular flexibility index (Phi) is 5.54. The van der Waals surface area contributed by atoms with Crippen LogP contribution >= 0.6 is 11.3 Å². The van der Waals surface area contributed by atoms with Crippen molar-refractivity contribution in [3.05, 3.63) is 23.0 Å². The van der Waals surface area contributed by atoms with Crippen molar-refractivity contribution < 1.29 is 14.3 Å². The maximum atomic E-state index is 12.2. The Bertz CT molecular complexity index is 676. The third-order valence-electron chi connectivity index (χ3n) is 3.55. The number of hydrogen-bond acceptors (Lipinski definition) is 7. The van der Waals surface area contributed by atoms with Gasteiger partial charge in [-0.3, -0.25) is 10.1 Å². The van der Waals surface area contributed by atoms with Crippen molar-refractivity contribution in [1.29, 1.82) is 0 Å². The van der Waals surface area contributed by atoms with Gasteiger partial charge in [-0.25, -0.2) is 9.67 Å². The van der Waals surface area contributed by atoms with E-state index >= 15 is 0 Å². The Morgan fingerprint density at radius 1 is 1.42 bits per heavy atom. The lowest BCUT2D eigenvalue weighted by molar-refractivity contribution is -0.145. The minimum Gasteiger partial charge on any atom is -0.351 e. The number of rotatable bonds is 9. The number of carbonyl (C=O) groups is 1. The molecule has 0 spiro atoms. The summed E-state index contributed by atoms with van der Waals surface area (Å²) in [6.45, 7) is 5.26. The van der Waals surface area contributed by atoms with Crippen LogP contribution in [0.5, 0.6) is 0 Å². The molecule has 1 N–H and O–H groups in total. The zero-order valence-corrected chi connectivity index (χ0v) is 14.6. The van der Waals surface area contributed by atoms with E-state index in [0.717, 1.165) is 5.69 Å². The van der Waals surface area contributed by atoms with Crippen molar-refractivity contribution in [2.24, 2.45) is 0 Å². The highest BCUT2D eigenvalue weighted by molar-refractivity contribution is 7.14. The van der Waals surface area contributed by atoms with Gasteiger partial charge >= 0.3 is 0 Å². The van der Waals surface area contributed by atoms with Gasteiger partial charge in [0.05, 0.1) is 18.4 Å². The van der Waals surface area contributed by atoms with Crippen LogP contribution in [0, 0.1) is 0 Å². The molecule has 24 heavy (non-hydrogen) atoms. The fourth-order valence-corrected chi connectivity index (χ4v) is 3.03. The summed E-state index contributed by atoms with van der Waals surface area (Å²) in [4.78, 5) is 16.7. The van der Waals surface area contributed by atoms with Gasteiger partial charge in [0.15, 0.2) is 17.1 Å². The molecule has 0 bridgehead atoms. The topological polar surface area (TPSA) is 91.2 Å². The number of thiazole rings is 1. The molecule has 0 atom stereocenters. The summed E-state index contributed by atoms with van der Waals surface area (Å²) in [6, 6.07) is 0. The van der Waals surface area contributed by atoms with E-state index in [1.165, 1.54) is 24.2 Å². The van der Waals surface area contributed by atoms with E-state index in [2.05, 4.69) is 20.6 Å². The van der Waals surface area contributed by atoms with Gasteiger partial charge in [-0.1, -0.05) is 5.21 Å². The molecule has 3 rings (SSSR count). The van der Waals surface area contributed by atoms with E-state index in [4.69, 9.17) is 9.47 Å². The highest BCUT2D eigenvalue weighted by Gasteiger charge is 2.26. The lowest BCUT2D eigenvalue weighted by atomic mass is 10.3. The average molecular weight is 351 g/mol. The number of aromatic nitrogens is 4. The molecular formula is C15H21N5O3S. The van der Waals surface area contributed by atoms with E-state index in [9.17, 15) is 4.79 Å². The number of amides is 1. The van der Waals surface area contributed by atoms with Gasteiger partial charge in [-0.05, 0) is 26.7 Å². The molecule has 1 aliphatic rings. The summed E-state index contributed by atoms with van der Waals surface area (Å²) in [5, 5.41) is 13.2. The molecule has 8 nitrogen and oxygen atoms in total. The summed E-state index contributed by atoms with van der Waals surface area (Å²) >= 11 is 1.43. The largest absolute Gasteiger partial charge is 0.351 e. The summed E-state index contributed by atoms with van der Waals surface area (Å²) < 4.78 is 12.5. The summed E-state index contributed by atoms with van der Waals surface area (Å²) in [5.41, 5.74) is 1.31.